The smallest absolute Gasteiger partial charge is 0.230 e. The van der Waals surface area contributed by atoms with Gasteiger partial charge in [0.15, 0.2) is 18.4 Å². The van der Waals surface area contributed by atoms with E-state index in [1.165, 1.54) is 23.9 Å². The summed E-state index contributed by atoms with van der Waals surface area (Å²) < 4.78 is 10.7. The van der Waals surface area contributed by atoms with Gasteiger partial charge in [-0.05, 0) is 49.8 Å². The Labute approximate surface area is 156 Å². The molecule has 0 amide bonds. The van der Waals surface area contributed by atoms with Gasteiger partial charge in [-0.25, -0.2) is 4.98 Å². The first-order valence-electron chi connectivity index (χ1n) is 9.50. The molecule has 140 valence electrons. The topological polar surface area (TPSA) is 97.2 Å². The summed E-state index contributed by atoms with van der Waals surface area (Å²) in [7, 11) is 0. The van der Waals surface area contributed by atoms with Gasteiger partial charge < -0.3 is 14.0 Å². The van der Waals surface area contributed by atoms with Crippen LogP contribution >= 0.6 is 0 Å². The van der Waals surface area contributed by atoms with Crippen molar-refractivity contribution in [2.75, 3.05) is 0 Å². The summed E-state index contributed by atoms with van der Waals surface area (Å²) in [5.74, 6) is 2.33. The Bertz CT molecular complexity index is 960. The van der Waals surface area contributed by atoms with Crippen molar-refractivity contribution >= 4 is 0 Å². The van der Waals surface area contributed by atoms with Crippen molar-refractivity contribution in [3.8, 4) is 11.4 Å². The normalized spacial score (nSPS) is 20.4. The number of oxazole rings is 1. The lowest BCUT2D eigenvalue weighted by molar-refractivity contribution is 0.0986. The minimum Gasteiger partial charge on any atom is -0.444 e. The maximum Gasteiger partial charge on any atom is 0.230 e. The summed E-state index contributed by atoms with van der Waals surface area (Å²) in [6, 6.07) is 6.33. The molecule has 1 fully saturated rings. The lowest BCUT2D eigenvalue weighted by atomic mass is 9.85. The molecule has 7 heteroatoms. The van der Waals surface area contributed by atoms with Crippen LogP contribution in [0.5, 0.6) is 0 Å². The SMILES string of the molecule is Cc1ncoc1C(O)N[C@@H]1CCc2cc(-c3noc(C4CCC4)n3)ccc21. The maximum absolute atomic E-state index is 10.4. The summed E-state index contributed by atoms with van der Waals surface area (Å²) in [5.41, 5.74) is 4.12. The number of hydrogen-bond donors (Lipinski definition) is 2. The van der Waals surface area contributed by atoms with Crippen LogP contribution in [0.15, 0.2) is 33.5 Å². The van der Waals surface area contributed by atoms with Crippen molar-refractivity contribution in [2.24, 2.45) is 0 Å². The average Bonchev–Trinajstić information content (AvgIpc) is 3.33. The van der Waals surface area contributed by atoms with E-state index in [-0.39, 0.29) is 6.04 Å². The Morgan fingerprint density at radius 3 is 2.89 bits per heavy atom. The fraction of sp³-hybridized carbons (Fsp3) is 0.450. The molecular weight excluding hydrogens is 344 g/mol. The maximum atomic E-state index is 10.4. The van der Waals surface area contributed by atoms with E-state index in [1.54, 1.807) is 0 Å². The fourth-order valence-corrected chi connectivity index (χ4v) is 3.94. The van der Waals surface area contributed by atoms with Crippen LogP contribution in [0.2, 0.25) is 0 Å². The molecule has 2 aromatic heterocycles. The van der Waals surface area contributed by atoms with Crippen LogP contribution in [0.3, 0.4) is 0 Å². The van der Waals surface area contributed by atoms with Crippen LogP contribution < -0.4 is 5.32 Å². The Morgan fingerprint density at radius 2 is 2.15 bits per heavy atom. The molecule has 1 unspecified atom stereocenters. The number of rotatable bonds is 5. The molecule has 1 aromatic carbocycles. The van der Waals surface area contributed by atoms with E-state index in [9.17, 15) is 5.11 Å². The third kappa shape index (κ3) is 2.96. The molecule has 5 rings (SSSR count). The molecule has 0 bridgehead atoms. The molecule has 7 nitrogen and oxygen atoms in total. The van der Waals surface area contributed by atoms with Crippen molar-refractivity contribution in [3.05, 3.63) is 53.1 Å². The molecule has 2 N–H and O–H groups in total. The van der Waals surface area contributed by atoms with E-state index in [1.807, 2.05) is 13.0 Å². The van der Waals surface area contributed by atoms with E-state index < -0.39 is 6.23 Å². The lowest BCUT2D eigenvalue weighted by Gasteiger charge is -2.20. The minimum atomic E-state index is -0.870. The van der Waals surface area contributed by atoms with Gasteiger partial charge in [0, 0.05) is 17.5 Å². The molecule has 2 aliphatic carbocycles. The van der Waals surface area contributed by atoms with Gasteiger partial charge in [0.2, 0.25) is 11.7 Å². The zero-order valence-electron chi connectivity index (χ0n) is 15.2. The molecule has 0 spiro atoms. The van der Waals surface area contributed by atoms with Crippen LogP contribution in [0.4, 0.5) is 0 Å². The molecule has 0 radical (unpaired) electrons. The predicted molar refractivity (Wildman–Crippen MR) is 96.7 cm³/mol. The molecule has 2 aliphatic rings. The molecule has 27 heavy (non-hydrogen) atoms. The van der Waals surface area contributed by atoms with Gasteiger partial charge in [0.1, 0.15) is 0 Å². The van der Waals surface area contributed by atoms with Gasteiger partial charge in [0.25, 0.3) is 0 Å². The number of hydrogen-bond acceptors (Lipinski definition) is 7. The van der Waals surface area contributed by atoms with Crippen molar-refractivity contribution in [3.63, 3.8) is 0 Å². The van der Waals surface area contributed by atoms with Crippen molar-refractivity contribution in [2.45, 2.75) is 57.2 Å². The minimum absolute atomic E-state index is 0.0735. The highest BCUT2D eigenvalue weighted by Crippen LogP contribution is 2.38. The third-order valence-corrected chi connectivity index (χ3v) is 5.77. The first-order chi connectivity index (χ1) is 13.2. The monoisotopic (exact) mass is 366 g/mol. The van der Waals surface area contributed by atoms with E-state index in [0.717, 1.165) is 37.1 Å². The van der Waals surface area contributed by atoms with Crippen LogP contribution in [0.25, 0.3) is 11.4 Å². The van der Waals surface area contributed by atoms with E-state index in [0.29, 0.717) is 23.2 Å². The second kappa shape index (κ2) is 6.58. The van der Waals surface area contributed by atoms with E-state index in [2.05, 4.69) is 32.6 Å². The summed E-state index contributed by atoms with van der Waals surface area (Å²) in [5, 5.41) is 17.8. The summed E-state index contributed by atoms with van der Waals surface area (Å²) in [6.07, 6.45) is 5.88. The quantitative estimate of drug-likeness (QED) is 0.666. The summed E-state index contributed by atoms with van der Waals surface area (Å²) in [4.78, 5) is 8.62. The highest BCUT2D eigenvalue weighted by Gasteiger charge is 2.28. The fourth-order valence-electron chi connectivity index (χ4n) is 3.94. The van der Waals surface area contributed by atoms with Crippen molar-refractivity contribution in [1.29, 1.82) is 0 Å². The van der Waals surface area contributed by atoms with E-state index in [4.69, 9.17) is 8.94 Å². The largest absolute Gasteiger partial charge is 0.444 e. The molecule has 1 saturated carbocycles. The van der Waals surface area contributed by atoms with Crippen LogP contribution in [0.1, 0.15) is 72.3 Å². The Balaban J connectivity index is 1.34. The van der Waals surface area contributed by atoms with E-state index >= 15 is 0 Å². The zero-order valence-corrected chi connectivity index (χ0v) is 15.2. The Hall–Kier alpha value is -2.51. The molecule has 0 saturated heterocycles. The van der Waals surface area contributed by atoms with Gasteiger partial charge >= 0.3 is 0 Å². The van der Waals surface area contributed by atoms with Gasteiger partial charge in [-0.2, -0.15) is 4.98 Å². The highest BCUT2D eigenvalue weighted by atomic mass is 16.5. The molecular formula is C20H22N4O3. The van der Waals surface area contributed by atoms with Gasteiger partial charge in [-0.3, -0.25) is 5.32 Å². The van der Waals surface area contributed by atoms with Gasteiger partial charge in [0.05, 0.1) is 5.69 Å². The van der Waals surface area contributed by atoms with Crippen LogP contribution in [-0.2, 0) is 6.42 Å². The molecule has 0 aliphatic heterocycles. The Morgan fingerprint density at radius 1 is 1.26 bits per heavy atom. The van der Waals surface area contributed by atoms with Gasteiger partial charge in [-0.15, -0.1) is 0 Å². The Kier molecular flexibility index (Phi) is 4.06. The van der Waals surface area contributed by atoms with Crippen molar-refractivity contribution in [1.82, 2.24) is 20.4 Å². The second-order valence-electron chi connectivity index (χ2n) is 7.46. The summed E-state index contributed by atoms with van der Waals surface area (Å²) in [6.45, 7) is 1.82. The number of aliphatic hydroxyl groups is 1. The predicted octanol–water partition coefficient (Wildman–Crippen LogP) is 3.57. The lowest BCUT2D eigenvalue weighted by Crippen LogP contribution is -2.25. The van der Waals surface area contributed by atoms with Crippen molar-refractivity contribution < 1.29 is 14.0 Å². The number of fused-ring (bicyclic) bond motifs is 1. The number of aromatic nitrogens is 3. The standard InChI is InChI=1S/C20H22N4O3/c1-11-17(26-10-21-11)19(25)22-16-8-6-13-9-14(5-7-15(13)16)18-23-20(27-24-18)12-3-2-4-12/h5,7,9-10,12,16,19,22,25H,2-4,6,8H2,1H3/t16-,19?/m1/s1. The average molecular weight is 366 g/mol. The number of aryl methyl sites for hydroxylation is 2. The zero-order chi connectivity index (χ0) is 18.4. The number of benzene rings is 1. The first kappa shape index (κ1) is 16.6. The molecule has 3 aromatic rings. The number of nitrogens with zero attached hydrogens (tertiary/aromatic N) is 3. The molecule has 2 heterocycles. The highest BCUT2D eigenvalue weighted by molar-refractivity contribution is 5.58. The second-order valence-corrected chi connectivity index (χ2v) is 7.46. The number of aliphatic hydroxyl groups excluding tert-OH is 1. The number of nitrogens with one attached hydrogen (secondary N) is 1. The third-order valence-electron chi connectivity index (χ3n) is 5.77. The van der Waals surface area contributed by atoms with Crippen LogP contribution in [-0.4, -0.2) is 20.2 Å². The van der Waals surface area contributed by atoms with Crippen LogP contribution in [0, 0.1) is 6.92 Å². The molecule has 2 atom stereocenters. The summed E-state index contributed by atoms with van der Waals surface area (Å²) >= 11 is 0. The first-order valence-corrected chi connectivity index (χ1v) is 9.50. The van der Waals surface area contributed by atoms with Gasteiger partial charge in [-0.1, -0.05) is 23.7 Å².